The van der Waals surface area contributed by atoms with Crippen LogP contribution in [0.3, 0.4) is 0 Å². The van der Waals surface area contributed by atoms with Crippen LogP contribution in [0, 0.1) is 6.92 Å². The molecule has 0 radical (unpaired) electrons. The Bertz CT molecular complexity index is 426. The molecule has 0 aliphatic carbocycles. The van der Waals surface area contributed by atoms with Gasteiger partial charge in [0.15, 0.2) is 0 Å². The Labute approximate surface area is 158 Å². The molecule has 1 aromatic carbocycles. The highest BCUT2D eigenvalue weighted by molar-refractivity contribution is 5.21. The third kappa shape index (κ3) is 7.50. The van der Waals surface area contributed by atoms with E-state index in [1.165, 1.54) is 43.6 Å². The lowest BCUT2D eigenvalue weighted by atomic mass is 9.99. The zero-order valence-electron chi connectivity index (χ0n) is 18.5. The average molecular weight is 349 g/mol. The van der Waals surface area contributed by atoms with Crippen LogP contribution in [-0.4, -0.2) is 47.6 Å². The van der Waals surface area contributed by atoms with Gasteiger partial charge in [0.25, 0.3) is 0 Å². The van der Waals surface area contributed by atoms with Gasteiger partial charge in [-0.3, -0.25) is 9.80 Å². The van der Waals surface area contributed by atoms with Crippen molar-refractivity contribution in [3.8, 4) is 0 Å². The van der Waals surface area contributed by atoms with Gasteiger partial charge in [-0.05, 0) is 59.2 Å². The molecule has 0 spiro atoms. The molecule has 0 N–H and O–H groups in total. The van der Waals surface area contributed by atoms with Crippen molar-refractivity contribution in [2.24, 2.45) is 0 Å². The van der Waals surface area contributed by atoms with Crippen molar-refractivity contribution < 1.29 is 0 Å². The minimum Gasteiger partial charge on any atom is -0.298 e. The van der Waals surface area contributed by atoms with Gasteiger partial charge in [-0.1, -0.05) is 64.4 Å². The molecular formula is C23H44N2. The lowest BCUT2D eigenvalue weighted by Crippen LogP contribution is -2.61. The van der Waals surface area contributed by atoms with E-state index in [0.717, 1.165) is 0 Å². The molecule has 3 atom stereocenters. The maximum atomic E-state index is 2.69. The van der Waals surface area contributed by atoms with Crippen LogP contribution in [0.5, 0.6) is 0 Å². The molecule has 0 saturated carbocycles. The zero-order chi connectivity index (χ0) is 19.4. The Morgan fingerprint density at radius 2 is 1.48 bits per heavy atom. The summed E-state index contributed by atoms with van der Waals surface area (Å²) in [6.07, 6.45) is 2.46. The van der Waals surface area contributed by atoms with Crippen molar-refractivity contribution in [2.45, 2.75) is 93.3 Å². The second-order valence-electron chi connectivity index (χ2n) is 6.74. The number of aryl methyl sites for hydroxylation is 2. The van der Waals surface area contributed by atoms with Crippen LogP contribution in [0.4, 0.5) is 0 Å². The highest BCUT2D eigenvalue weighted by Crippen LogP contribution is 2.21. The summed E-state index contributed by atoms with van der Waals surface area (Å²) in [6, 6.07) is 11.0. The summed E-state index contributed by atoms with van der Waals surface area (Å²) in [6.45, 7) is 23.2. The smallest absolute Gasteiger partial charge is 0.0223 e. The van der Waals surface area contributed by atoms with Crippen LogP contribution in [0.15, 0.2) is 24.3 Å². The quantitative estimate of drug-likeness (QED) is 0.665. The molecule has 1 heterocycles. The lowest BCUT2D eigenvalue weighted by molar-refractivity contribution is 0.00123. The van der Waals surface area contributed by atoms with Crippen molar-refractivity contribution >= 4 is 0 Å². The highest BCUT2D eigenvalue weighted by atomic mass is 15.3. The van der Waals surface area contributed by atoms with E-state index in [-0.39, 0.29) is 0 Å². The maximum Gasteiger partial charge on any atom is 0.0223 e. The molecule has 2 rings (SSSR count). The first-order chi connectivity index (χ1) is 12.0. The van der Waals surface area contributed by atoms with E-state index < -0.39 is 0 Å². The second-order valence-corrected chi connectivity index (χ2v) is 6.74. The Morgan fingerprint density at radius 3 is 2.00 bits per heavy atom. The Balaban J connectivity index is 0.00000134. The third-order valence-corrected chi connectivity index (χ3v) is 5.26. The number of hydrogen-bond acceptors (Lipinski definition) is 2. The van der Waals surface area contributed by atoms with Crippen molar-refractivity contribution in [3.05, 3.63) is 35.4 Å². The first-order valence-corrected chi connectivity index (χ1v) is 10.6. The topological polar surface area (TPSA) is 6.48 Å². The van der Waals surface area contributed by atoms with Gasteiger partial charge in [-0.15, -0.1) is 0 Å². The Hall–Kier alpha value is -0.860. The van der Waals surface area contributed by atoms with Gasteiger partial charge >= 0.3 is 0 Å². The van der Waals surface area contributed by atoms with Gasteiger partial charge in [0, 0.05) is 24.7 Å². The number of piperazine rings is 1. The average Bonchev–Trinajstić information content (AvgIpc) is 2.64. The van der Waals surface area contributed by atoms with Gasteiger partial charge in [0.1, 0.15) is 0 Å². The summed E-state index contributed by atoms with van der Waals surface area (Å²) in [5, 5.41) is 0. The van der Waals surface area contributed by atoms with E-state index in [4.69, 9.17) is 0 Å². The fraction of sp³-hybridized carbons (Fsp3) is 0.739. The van der Waals surface area contributed by atoms with E-state index in [1.54, 1.807) is 0 Å². The Morgan fingerprint density at radius 1 is 0.920 bits per heavy atom. The van der Waals surface area contributed by atoms with Crippen molar-refractivity contribution in [1.29, 1.82) is 0 Å². The molecule has 0 aromatic heterocycles. The van der Waals surface area contributed by atoms with E-state index in [9.17, 15) is 0 Å². The fourth-order valence-electron chi connectivity index (χ4n) is 3.73. The van der Waals surface area contributed by atoms with E-state index >= 15 is 0 Å². The maximum absolute atomic E-state index is 2.69. The molecular weight excluding hydrogens is 304 g/mol. The van der Waals surface area contributed by atoms with Gasteiger partial charge in [-0.25, -0.2) is 0 Å². The largest absolute Gasteiger partial charge is 0.298 e. The zero-order valence-corrected chi connectivity index (χ0v) is 18.5. The molecule has 1 fully saturated rings. The second kappa shape index (κ2) is 13.4. The Kier molecular flexibility index (Phi) is 12.9. The van der Waals surface area contributed by atoms with Gasteiger partial charge < -0.3 is 0 Å². The predicted octanol–water partition coefficient (Wildman–Crippen LogP) is 5.78. The molecule has 1 aliphatic heterocycles. The molecule has 1 aliphatic rings. The predicted molar refractivity (Wildman–Crippen MR) is 115 cm³/mol. The summed E-state index contributed by atoms with van der Waals surface area (Å²) in [5.41, 5.74) is 2.83. The molecule has 25 heavy (non-hydrogen) atoms. The van der Waals surface area contributed by atoms with Crippen LogP contribution in [0.2, 0.25) is 0 Å². The molecule has 2 heteroatoms. The van der Waals surface area contributed by atoms with Crippen molar-refractivity contribution in [1.82, 2.24) is 9.80 Å². The van der Waals surface area contributed by atoms with Crippen molar-refractivity contribution in [2.75, 3.05) is 19.6 Å². The first kappa shape index (κ1) is 24.1. The van der Waals surface area contributed by atoms with Crippen LogP contribution in [-0.2, 0) is 6.42 Å². The SMILES string of the molecule is CC.CC.CCN1C(C)CN(CCCc2ccc(C)cc2)C(C)C1C. The summed E-state index contributed by atoms with van der Waals surface area (Å²) in [7, 11) is 0. The summed E-state index contributed by atoms with van der Waals surface area (Å²) >= 11 is 0. The monoisotopic (exact) mass is 348 g/mol. The summed E-state index contributed by atoms with van der Waals surface area (Å²) < 4.78 is 0. The number of nitrogens with zero attached hydrogens (tertiary/aromatic N) is 2. The normalized spacial score (nSPS) is 24.0. The van der Waals surface area contributed by atoms with Gasteiger partial charge in [0.05, 0.1) is 0 Å². The van der Waals surface area contributed by atoms with Crippen LogP contribution >= 0.6 is 0 Å². The molecule has 1 aromatic rings. The van der Waals surface area contributed by atoms with Crippen LogP contribution in [0.25, 0.3) is 0 Å². The van der Waals surface area contributed by atoms with Gasteiger partial charge in [0.2, 0.25) is 0 Å². The highest BCUT2D eigenvalue weighted by Gasteiger charge is 2.33. The summed E-state index contributed by atoms with van der Waals surface area (Å²) in [5.74, 6) is 0. The molecule has 3 unspecified atom stereocenters. The molecule has 2 nitrogen and oxygen atoms in total. The number of benzene rings is 1. The first-order valence-electron chi connectivity index (χ1n) is 10.6. The molecule has 1 saturated heterocycles. The van der Waals surface area contributed by atoms with Crippen molar-refractivity contribution in [3.63, 3.8) is 0 Å². The van der Waals surface area contributed by atoms with Gasteiger partial charge in [-0.2, -0.15) is 0 Å². The standard InChI is InChI=1S/C19H32N2.2C2H6/c1-6-21-16(3)14-20(17(4)18(21)5)13-7-8-19-11-9-15(2)10-12-19;2*1-2/h9-12,16-18H,6-8,13-14H2,1-5H3;2*1-2H3. The van der Waals surface area contributed by atoms with Crippen LogP contribution < -0.4 is 0 Å². The molecule has 146 valence electrons. The third-order valence-electron chi connectivity index (χ3n) is 5.26. The van der Waals surface area contributed by atoms with E-state index in [2.05, 4.69) is 68.7 Å². The molecule has 0 amide bonds. The number of hydrogen-bond donors (Lipinski definition) is 0. The number of rotatable bonds is 5. The van der Waals surface area contributed by atoms with Crippen LogP contribution in [0.1, 0.15) is 72.9 Å². The molecule has 0 bridgehead atoms. The lowest BCUT2D eigenvalue weighted by Gasteiger charge is -2.48. The van der Waals surface area contributed by atoms with E-state index in [0.29, 0.717) is 18.1 Å². The van der Waals surface area contributed by atoms with E-state index in [1.807, 2.05) is 27.7 Å². The minimum absolute atomic E-state index is 0.665. The fourth-order valence-corrected chi connectivity index (χ4v) is 3.73. The number of likely N-dealkylation sites (N-methyl/N-ethyl adjacent to an activating group) is 1. The summed E-state index contributed by atoms with van der Waals surface area (Å²) in [4.78, 5) is 5.33. The minimum atomic E-state index is 0.665.